The molecular weight excluding hydrogens is 524 g/mol. The van der Waals surface area contributed by atoms with E-state index in [1.807, 2.05) is 116 Å². The summed E-state index contributed by atoms with van der Waals surface area (Å²) in [6, 6.07) is 42.7. The SMILES string of the molecule is CC(Nc1ccc(NC(=O)c2ccccc2)cc1OCc1ccccc1)C(OC(=O)c1ccccc1)c1ccccc1. The van der Waals surface area contributed by atoms with Gasteiger partial charge in [-0.1, -0.05) is 97.1 Å². The van der Waals surface area contributed by atoms with Gasteiger partial charge in [-0.3, -0.25) is 4.79 Å². The van der Waals surface area contributed by atoms with E-state index in [9.17, 15) is 9.59 Å². The highest BCUT2D eigenvalue weighted by Gasteiger charge is 2.25. The Morgan fingerprint density at radius 1 is 0.690 bits per heavy atom. The molecule has 0 saturated carbocycles. The van der Waals surface area contributed by atoms with Crippen LogP contribution in [0.2, 0.25) is 0 Å². The van der Waals surface area contributed by atoms with Crippen LogP contribution in [0.25, 0.3) is 0 Å². The molecule has 2 N–H and O–H groups in total. The van der Waals surface area contributed by atoms with E-state index >= 15 is 0 Å². The third-order valence-electron chi connectivity index (χ3n) is 6.72. The third-order valence-corrected chi connectivity index (χ3v) is 6.72. The lowest BCUT2D eigenvalue weighted by molar-refractivity contribution is 0.0262. The normalized spacial score (nSPS) is 12.0. The van der Waals surface area contributed by atoms with Crippen LogP contribution in [0.1, 0.15) is 44.9 Å². The number of rotatable bonds is 11. The second kappa shape index (κ2) is 13.8. The fourth-order valence-corrected chi connectivity index (χ4v) is 4.55. The Bertz CT molecular complexity index is 1590. The summed E-state index contributed by atoms with van der Waals surface area (Å²) in [5.41, 5.74) is 4.21. The van der Waals surface area contributed by atoms with Crippen molar-refractivity contribution in [2.75, 3.05) is 10.6 Å². The highest BCUT2D eigenvalue weighted by atomic mass is 16.5. The van der Waals surface area contributed by atoms with Crippen LogP contribution in [0.15, 0.2) is 140 Å². The highest BCUT2D eigenvalue weighted by Crippen LogP contribution is 2.33. The molecule has 210 valence electrons. The molecule has 2 atom stereocenters. The number of hydrogen-bond acceptors (Lipinski definition) is 5. The van der Waals surface area contributed by atoms with Crippen molar-refractivity contribution >= 4 is 23.3 Å². The van der Waals surface area contributed by atoms with Gasteiger partial charge in [0.25, 0.3) is 5.91 Å². The number of benzene rings is 5. The van der Waals surface area contributed by atoms with E-state index in [1.54, 1.807) is 30.3 Å². The van der Waals surface area contributed by atoms with Gasteiger partial charge in [0.05, 0.1) is 17.3 Å². The third kappa shape index (κ3) is 7.43. The van der Waals surface area contributed by atoms with Gasteiger partial charge in [0.1, 0.15) is 18.5 Å². The molecule has 5 rings (SSSR count). The summed E-state index contributed by atoms with van der Waals surface area (Å²) in [6.07, 6.45) is -0.585. The molecule has 2 unspecified atom stereocenters. The fourth-order valence-electron chi connectivity index (χ4n) is 4.55. The Morgan fingerprint density at radius 3 is 1.90 bits per heavy atom. The van der Waals surface area contributed by atoms with E-state index in [4.69, 9.17) is 9.47 Å². The molecule has 0 radical (unpaired) electrons. The molecule has 0 aliphatic carbocycles. The number of nitrogens with one attached hydrogen (secondary N) is 2. The summed E-state index contributed by atoms with van der Waals surface area (Å²) >= 11 is 0. The quantitative estimate of drug-likeness (QED) is 0.162. The molecule has 1 amide bonds. The lowest BCUT2D eigenvalue weighted by Gasteiger charge is -2.27. The van der Waals surface area contributed by atoms with E-state index in [1.165, 1.54) is 0 Å². The van der Waals surface area contributed by atoms with E-state index in [0.29, 0.717) is 34.9 Å². The van der Waals surface area contributed by atoms with E-state index in [-0.39, 0.29) is 11.9 Å². The summed E-state index contributed by atoms with van der Waals surface area (Å²) < 4.78 is 12.3. The molecule has 5 aromatic rings. The lowest BCUT2D eigenvalue weighted by Crippen LogP contribution is -2.28. The summed E-state index contributed by atoms with van der Waals surface area (Å²) in [5.74, 6) is -0.0639. The molecule has 0 aliphatic heterocycles. The summed E-state index contributed by atoms with van der Waals surface area (Å²) in [6.45, 7) is 2.30. The second-order valence-electron chi connectivity index (χ2n) is 9.84. The largest absolute Gasteiger partial charge is 0.487 e. The summed E-state index contributed by atoms with van der Waals surface area (Å²) in [5, 5.41) is 6.45. The van der Waals surface area contributed by atoms with Crippen molar-refractivity contribution in [3.8, 4) is 5.75 Å². The van der Waals surface area contributed by atoms with Crippen molar-refractivity contribution in [3.63, 3.8) is 0 Å². The first-order valence-electron chi connectivity index (χ1n) is 13.8. The van der Waals surface area contributed by atoms with Crippen molar-refractivity contribution in [1.29, 1.82) is 0 Å². The molecule has 0 bridgehead atoms. The number of ether oxygens (including phenoxy) is 2. The zero-order valence-corrected chi connectivity index (χ0v) is 23.3. The van der Waals surface area contributed by atoms with Gasteiger partial charge in [-0.15, -0.1) is 0 Å². The van der Waals surface area contributed by atoms with Crippen LogP contribution in [-0.2, 0) is 11.3 Å². The predicted molar refractivity (Wildman–Crippen MR) is 166 cm³/mol. The standard InChI is InChI=1S/C36H32N2O4/c1-26(34(28-16-8-3-9-17-28)42-36(40)30-20-12-5-13-21-30)37-32-23-22-31(38-35(39)29-18-10-4-11-19-29)24-33(32)41-25-27-14-6-2-7-15-27/h2-24,26,34,37H,25H2,1H3,(H,38,39). The fraction of sp³-hybridized carbons (Fsp3) is 0.111. The van der Waals surface area contributed by atoms with E-state index in [2.05, 4.69) is 10.6 Å². The van der Waals surface area contributed by atoms with Crippen LogP contribution in [0.4, 0.5) is 11.4 Å². The van der Waals surface area contributed by atoms with Gasteiger partial charge in [0.2, 0.25) is 0 Å². The number of esters is 1. The first kappa shape index (κ1) is 28.2. The van der Waals surface area contributed by atoms with Crippen molar-refractivity contribution < 1.29 is 19.1 Å². The Balaban J connectivity index is 1.40. The maximum Gasteiger partial charge on any atom is 0.338 e. The molecule has 5 aromatic carbocycles. The topological polar surface area (TPSA) is 76.7 Å². The van der Waals surface area contributed by atoms with Crippen LogP contribution in [0.3, 0.4) is 0 Å². The molecule has 0 aliphatic rings. The molecule has 0 aromatic heterocycles. The zero-order chi connectivity index (χ0) is 29.1. The van der Waals surface area contributed by atoms with Gasteiger partial charge < -0.3 is 20.1 Å². The van der Waals surface area contributed by atoms with Crippen molar-refractivity contribution in [2.45, 2.75) is 25.7 Å². The maximum absolute atomic E-state index is 13.1. The first-order valence-corrected chi connectivity index (χ1v) is 13.8. The smallest absolute Gasteiger partial charge is 0.338 e. The molecule has 42 heavy (non-hydrogen) atoms. The maximum atomic E-state index is 13.1. The minimum Gasteiger partial charge on any atom is -0.487 e. The summed E-state index contributed by atoms with van der Waals surface area (Å²) in [7, 11) is 0. The van der Waals surface area contributed by atoms with Crippen LogP contribution in [0, 0.1) is 0 Å². The van der Waals surface area contributed by atoms with Gasteiger partial charge in [0, 0.05) is 17.3 Å². The highest BCUT2D eigenvalue weighted by molar-refractivity contribution is 6.04. The monoisotopic (exact) mass is 556 g/mol. The van der Waals surface area contributed by atoms with E-state index < -0.39 is 12.1 Å². The predicted octanol–water partition coefficient (Wildman–Crippen LogP) is 7.92. The van der Waals surface area contributed by atoms with Crippen molar-refractivity contribution in [2.24, 2.45) is 0 Å². The zero-order valence-electron chi connectivity index (χ0n) is 23.3. The molecule has 0 saturated heterocycles. The minimum atomic E-state index is -0.585. The van der Waals surface area contributed by atoms with Gasteiger partial charge in [-0.2, -0.15) is 0 Å². The molecule has 0 heterocycles. The molecule has 6 heteroatoms. The Labute approximate surface area is 245 Å². The molecule has 6 nitrogen and oxygen atoms in total. The summed E-state index contributed by atoms with van der Waals surface area (Å²) in [4.78, 5) is 25.9. The second-order valence-corrected chi connectivity index (χ2v) is 9.84. The molecular formula is C36H32N2O4. The van der Waals surface area contributed by atoms with Crippen LogP contribution in [-0.4, -0.2) is 17.9 Å². The number of anilines is 2. The lowest BCUT2D eigenvalue weighted by atomic mass is 10.0. The molecule has 0 fully saturated rings. The van der Waals surface area contributed by atoms with Gasteiger partial charge >= 0.3 is 5.97 Å². The average molecular weight is 557 g/mol. The number of amides is 1. The van der Waals surface area contributed by atoms with Gasteiger partial charge in [0.15, 0.2) is 0 Å². The van der Waals surface area contributed by atoms with Crippen LogP contribution < -0.4 is 15.4 Å². The number of hydrogen-bond donors (Lipinski definition) is 2. The van der Waals surface area contributed by atoms with Crippen LogP contribution >= 0.6 is 0 Å². The minimum absolute atomic E-state index is 0.212. The Morgan fingerprint density at radius 2 is 1.26 bits per heavy atom. The Hall–Kier alpha value is -5.36. The van der Waals surface area contributed by atoms with Gasteiger partial charge in [-0.25, -0.2) is 4.79 Å². The number of carbonyl (C=O) groups is 2. The molecule has 0 spiro atoms. The first-order chi connectivity index (χ1) is 20.6. The van der Waals surface area contributed by atoms with Crippen molar-refractivity contribution in [3.05, 3.63) is 162 Å². The average Bonchev–Trinajstić information content (AvgIpc) is 3.05. The van der Waals surface area contributed by atoms with Crippen LogP contribution in [0.5, 0.6) is 5.75 Å². The van der Waals surface area contributed by atoms with Crippen molar-refractivity contribution in [1.82, 2.24) is 0 Å². The van der Waals surface area contributed by atoms with E-state index in [0.717, 1.165) is 11.1 Å². The van der Waals surface area contributed by atoms with Gasteiger partial charge in [-0.05, 0) is 54.4 Å². The Kier molecular flexibility index (Phi) is 9.27. The number of carbonyl (C=O) groups excluding carboxylic acids is 2.